The average Bonchev–Trinajstić information content (AvgIpc) is 2.94. The third-order valence-corrected chi connectivity index (χ3v) is 2.97. The molecule has 1 aromatic rings. The van der Waals surface area contributed by atoms with Crippen molar-refractivity contribution in [2.24, 2.45) is 5.73 Å². The molecule has 2 unspecified atom stereocenters. The quantitative estimate of drug-likeness (QED) is 0.862. The smallest absolute Gasteiger partial charge is 0.203 e. The highest BCUT2D eigenvalue weighted by molar-refractivity contribution is 5.54. The van der Waals surface area contributed by atoms with E-state index in [9.17, 15) is 0 Å². The number of nitrogens with two attached hydrogens (primary N) is 1. The molecule has 106 valence electrons. The first-order chi connectivity index (χ1) is 9.23. The molecule has 2 rings (SSSR count). The Bertz CT molecular complexity index is 412. The zero-order valence-electron chi connectivity index (χ0n) is 11.3. The maximum atomic E-state index is 5.67. The monoisotopic (exact) mass is 269 g/mol. The summed E-state index contributed by atoms with van der Waals surface area (Å²) in [6, 6.07) is 3.62. The van der Waals surface area contributed by atoms with Crippen molar-refractivity contribution < 1.29 is 23.7 Å². The summed E-state index contributed by atoms with van der Waals surface area (Å²) in [6.07, 6.45) is -0.536. The molecule has 1 fully saturated rings. The third kappa shape index (κ3) is 2.75. The van der Waals surface area contributed by atoms with Crippen molar-refractivity contribution in [1.82, 2.24) is 0 Å². The minimum Gasteiger partial charge on any atom is -0.493 e. The molecule has 0 aromatic heterocycles. The first kappa shape index (κ1) is 13.9. The molecule has 1 aliphatic heterocycles. The maximum absolute atomic E-state index is 5.67. The van der Waals surface area contributed by atoms with Crippen molar-refractivity contribution in [2.45, 2.75) is 12.4 Å². The Morgan fingerprint density at radius 1 is 1.16 bits per heavy atom. The molecule has 6 nitrogen and oxygen atoms in total. The van der Waals surface area contributed by atoms with Gasteiger partial charge in [-0.3, -0.25) is 0 Å². The Hall–Kier alpha value is -1.50. The van der Waals surface area contributed by atoms with E-state index in [4.69, 9.17) is 29.4 Å². The first-order valence-corrected chi connectivity index (χ1v) is 6.00. The summed E-state index contributed by atoms with van der Waals surface area (Å²) >= 11 is 0. The van der Waals surface area contributed by atoms with E-state index in [1.165, 1.54) is 0 Å². The normalized spacial score (nSPS) is 22.3. The van der Waals surface area contributed by atoms with Crippen LogP contribution in [-0.4, -0.2) is 40.6 Å². The van der Waals surface area contributed by atoms with Gasteiger partial charge in [0.2, 0.25) is 5.75 Å². The standard InChI is InChI=1S/C13H19NO5/c1-15-10-4-8(5-11(16-2)12(10)17-3)13-18-7-9(6-14)19-13/h4-5,9,13H,6-7,14H2,1-3H3. The van der Waals surface area contributed by atoms with E-state index in [1.54, 1.807) is 21.3 Å². The first-order valence-electron chi connectivity index (χ1n) is 6.00. The van der Waals surface area contributed by atoms with Gasteiger partial charge in [0.05, 0.1) is 34.0 Å². The van der Waals surface area contributed by atoms with E-state index in [0.717, 1.165) is 5.56 Å². The van der Waals surface area contributed by atoms with Crippen LogP contribution in [0.25, 0.3) is 0 Å². The highest BCUT2D eigenvalue weighted by atomic mass is 16.7. The molecule has 0 bridgehead atoms. The Morgan fingerprint density at radius 3 is 2.21 bits per heavy atom. The SMILES string of the molecule is COc1cc(C2OCC(CN)O2)cc(OC)c1OC. The number of rotatable bonds is 5. The van der Waals surface area contributed by atoms with E-state index in [1.807, 2.05) is 12.1 Å². The Kier molecular flexibility index (Phi) is 4.47. The number of methoxy groups -OCH3 is 3. The number of benzene rings is 1. The fraction of sp³-hybridized carbons (Fsp3) is 0.538. The Balaban J connectivity index is 2.31. The van der Waals surface area contributed by atoms with Crippen LogP contribution in [0, 0.1) is 0 Å². The van der Waals surface area contributed by atoms with E-state index in [0.29, 0.717) is 30.4 Å². The zero-order valence-corrected chi connectivity index (χ0v) is 11.3. The molecule has 0 saturated carbocycles. The molecule has 0 amide bonds. The van der Waals surface area contributed by atoms with Gasteiger partial charge >= 0.3 is 0 Å². The molecule has 1 heterocycles. The average molecular weight is 269 g/mol. The molecule has 1 saturated heterocycles. The maximum Gasteiger partial charge on any atom is 0.203 e. The lowest BCUT2D eigenvalue weighted by molar-refractivity contribution is -0.0587. The lowest BCUT2D eigenvalue weighted by Crippen LogP contribution is -2.21. The van der Waals surface area contributed by atoms with Crippen molar-refractivity contribution in [1.29, 1.82) is 0 Å². The minimum absolute atomic E-state index is 0.0795. The van der Waals surface area contributed by atoms with E-state index >= 15 is 0 Å². The van der Waals surface area contributed by atoms with Crippen LogP contribution in [0.15, 0.2) is 12.1 Å². The lowest BCUT2D eigenvalue weighted by atomic mass is 10.1. The van der Waals surface area contributed by atoms with Crippen molar-refractivity contribution in [3.8, 4) is 17.2 Å². The second-order valence-electron chi connectivity index (χ2n) is 4.12. The molecule has 1 aliphatic rings. The third-order valence-electron chi connectivity index (χ3n) is 2.97. The van der Waals surface area contributed by atoms with Crippen molar-refractivity contribution in [2.75, 3.05) is 34.5 Å². The van der Waals surface area contributed by atoms with Crippen LogP contribution < -0.4 is 19.9 Å². The minimum atomic E-state index is -0.456. The largest absolute Gasteiger partial charge is 0.493 e. The highest BCUT2D eigenvalue weighted by Gasteiger charge is 2.28. The summed E-state index contributed by atoms with van der Waals surface area (Å²) < 4.78 is 27.1. The van der Waals surface area contributed by atoms with Crippen LogP contribution in [-0.2, 0) is 9.47 Å². The van der Waals surface area contributed by atoms with Crippen LogP contribution in [0.4, 0.5) is 0 Å². The predicted molar refractivity (Wildman–Crippen MR) is 68.7 cm³/mol. The van der Waals surface area contributed by atoms with Crippen molar-refractivity contribution in [3.05, 3.63) is 17.7 Å². The molecular weight excluding hydrogens is 250 g/mol. The molecule has 1 aromatic carbocycles. The Morgan fingerprint density at radius 2 is 1.79 bits per heavy atom. The molecular formula is C13H19NO5. The van der Waals surface area contributed by atoms with Crippen LogP contribution in [0.3, 0.4) is 0 Å². The Labute approximate surface area is 112 Å². The molecule has 0 radical (unpaired) electrons. The second kappa shape index (κ2) is 6.10. The second-order valence-corrected chi connectivity index (χ2v) is 4.12. The molecule has 2 N–H and O–H groups in total. The summed E-state index contributed by atoms with van der Waals surface area (Å²) in [6.45, 7) is 0.915. The summed E-state index contributed by atoms with van der Waals surface area (Å²) in [5, 5.41) is 0. The van der Waals surface area contributed by atoms with Gasteiger partial charge in [0.1, 0.15) is 0 Å². The predicted octanol–water partition coefficient (Wildman–Crippen LogP) is 1.09. The fourth-order valence-electron chi connectivity index (χ4n) is 1.98. The van der Waals surface area contributed by atoms with Crippen LogP contribution >= 0.6 is 0 Å². The summed E-state index contributed by atoms with van der Waals surface area (Å²) in [4.78, 5) is 0. The zero-order chi connectivity index (χ0) is 13.8. The van der Waals surface area contributed by atoms with E-state index in [2.05, 4.69) is 0 Å². The van der Waals surface area contributed by atoms with Gasteiger partial charge < -0.3 is 29.4 Å². The van der Waals surface area contributed by atoms with Crippen LogP contribution in [0.2, 0.25) is 0 Å². The number of hydrogen-bond donors (Lipinski definition) is 1. The fourth-order valence-corrected chi connectivity index (χ4v) is 1.98. The molecule has 19 heavy (non-hydrogen) atoms. The lowest BCUT2D eigenvalue weighted by Gasteiger charge is -2.17. The number of hydrogen-bond acceptors (Lipinski definition) is 6. The molecule has 6 heteroatoms. The highest BCUT2D eigenvalue weighted by Crippen LogP contribution is 2.41. The van der Waals surface area contributed by atoms with Gasteiger partial charge in [0.25, 0.3) is 0 Å². The van der Waals surface area contributed by atoms with Gasteiger partial charge in [0.15, 0.2) is 17.8 Å². The molecule has 0 aliphatic carbocycles. The van der Waals surface area contributed by atoms with Crippen LogP contribution in [0.5, 0.6) is 17.2 Å². The van der Waals surface area contributed by atoms with Gasteiger partial charge in [0, 0.05) is 12.1 Å². The van der Waals surface area contributed by atoms with Crippen LogP contribution in [0.1, 0.15) is 11.9 Å². The van der Waals surface area contributed by atoms with Gasteiger partial charge in [-0.25, -0.2) is 0 Å². The molecule has 2 atom stereocenters. The van der Waals surface area contributed by atoms with Gasteiger partial charge in [-0.05, 0) is 12.1 Å². The van der Waals surface area contributed by atoms with Gasteiger partial charge in [-0.15, -0.1) is 0 Å². The molecule has 0 spiro atoms. The van der Waals surface area contributed by atoms with Crippen molar-refractivity contribution >= 4 is 0 Å². The topological polar surface area (TPSA) is 72.2 Å². The summed E-state index contributed by atoms with van der Waals surface area (Å²) in [7, 11) is 4.70. The summed E-state index contributed by atoms with van der Waals surface area (Å²) in [5.74, 6) is 1.68. The van der Waals surface area contributed by atoms with Gasteiger partial charge in [-0.1, -0.05) is 0 Å². The van der Waals surface area contributed by atoms with E-state index < -0.39 is 6.29 Å². The van der Waals surface area contributed by atoms with E-state index in [-0.39, 0.29) is 6.10 Å². The number of ether oxygens (including phenoxy) is 5. The summed E-state index contributed by atoms with van der Waals surface area (Å²) in [5.41, 5.74) is 6.37. The van der Waals surface area contributed by atoms with Crippen molar-refractivity contribution in [3.63, 3.8) is 0 Å². The van der Waals surface area contributed by atoms with Gasteiger partial charge in [-0.2, -0.15) is 0 Å².